The third kappa shape index (κ3) is 2.55. The van der Waals surface area contributed by atoms with Gasteiger partial charge in [-0.3, -0.25) is 0 Å². The highest BCUT2D eigenvalue weighted by atomic mass is 16.5. The Kier molecular flexibility index (Phi) is 4.02. The van der Waals surface area contributed by atoms with Crippen molar-refractivity contribution in [2.24, 2.45) is 0 Å². The molecule has 2 nitrogen and oxygen atoms in total. The van der Waals surface area contributed by atoms with E-state index in [0.717, 1.165) is 17.0 Å². The maximum absolute atomic E-state index is 6.34. The molecule has 178 valence electrons. The third-order valence-corrected chi connectivity index (χ3v) is 8.80. The normalized spacial score (nSPS) is 18.6. The Morgan fingerprint density at radius 3 is 1.84 bits per heavy atom. The van der Waals surface area contributed by atoms with Crippen molar-refractivity contribution in [3.05, 3.63) is 154 Å². The van der Waals surface area contributed by atoms with E-state index >= 15 is 0 Å². The van der Waals surface area contributed by atoms with Crippen LogP contribution in [0.15, 0.2) is 115 Å². The SMILES string of the molecule is CC1(C)c2ccccc2C2(c3ccccc3-c3ccccc32)c2ccc(C3Nc4ccccc4O3)cc21. The van der Waals surface area contributed by atoms with Crippen LogP contribution in [0, 0.1) is 0 Å². The molecule has 5 aromatic rings. The van der Waals surface area contributed by atoms with Crippen LogP contribution in [-0.2, 0) is 10.8 Å². The molecule has 0 saturated heterocycles. The number of anilines is 1. The van der Waals surface area contributed by atoms with E-state index < -0.39 is 0 Å². The van der Waals surface area contributed by atoms with Gasteiger partial charge in [-0.1, -0.05) is 111 Å². The van der Waals surface area contributed by atoms with E-state index in [0.29, 0.717) is 0 Å². The maximum Gasteiger partial charge on any atom is 0.196 e. The highest BCUT2D eigenvalue weighted by Crippen LogP contribution is 2.62. The van der Waals surface area contributed by atoms with E-state index in [-0.39, 0.29) is 17.1 Å². The molecule has 1 heterocycles. The van der Waals surface area contributed by atoms with Gasteiger partial charge in [-0.15, -0.1) is 0 Å². The van der Waals surface area contributed by atoms with Crippen LogP contribution in [0.25, 0.3) is 11.1 Å². The number of benzene rings is 5. The van der Waals surface area contributed by atoms with Gasteiger partial charge in [-0.05, 0) is 62.7 Å². The summed E-state index contributed by atoms with van der Waals surface area (Å²) in [6.45, 7) is 4.73. The monoisotopic (exact) mass is 477 g/mol. The Labute approximate surface area is 217 Å². The second-order valence-electron chi connectivity index (χ2n) is 11.0. The number of rotatable bonds is 1. The van der Waals surface area contributed by atoms with E-state index in [1.54, 1.807) is 0 Å². The van der Waals surface area contributed by atoms with Gasteiger partial charge in [0.2, 0.25) is 0 Å². The van der Waals surface area contributed by atoms with Crippen LogP contribution < -0.4 is 10.1 Å². The first-order valence-corrected chi connectivity index (χ1v) is 13.1. The second kappa shape index (κ2) is 7.14. The lowest BCUT2D eigenvalue weighted by Crippen LogP contribution is -2.40. The van der Waals surface area contributed by atoms with Crippen LogP contribution in [-0.4, -0.2) is 0 Å². The van der Waals surface area contributed by atoms with Crippen molar-refractivity contribution in [3.8, 4) is 16.9 Å². The lowest BCUT2D eigenvalue weighted by molar-refractivity contribution is 0.259. The number of fused-ring (bicyclic) bond motifs is 10. The topological polar surface area (TPSA) is 21.3 Å². The van der Waals surface area contributed by atoms with Crippen molar-refractivity contribution in [3.63, 3.8) is 0 Å². The first-order chi connectivity index (χ1) is 18.1. The Balaban J connectivity index is 1.42. The minimum atomic E-state index is -0.347. The number of hydrogen-bond donors (Lipinski definition) is 1. The van der Waals surface area contributed by atoms with Crippen molar-refractivity contribution in [2.75, 3.05) is 5.32 Å². The predicted molar refractivity (Wildman–Crippen MR) is 149 cm³/mol. The average molecular weight is 478 g/mol. The smallest absolute Gasteiger partial charge is 0.196 e. The van der Waals surface area contributed by atoms with Gasteiger partial charge in [-0.25, -0.2) is 0 Å². The molecule has 1 atom stereocenters. The number of hydrogen-bond acceptors (Lipinski definition) is 2. The molecule has 1 spiro atoms. The van der Waals surface area contributed by atoms with Crippen LogP contribution in [0.3, 0.4) is 0 Å². The molecular weight excluding hydrogens is 450 g/mol. The lowest BCUT2D eigenvalue weighted by Gasteiger charge is -2.47. The molecular formula is C35H27NO. The largest absolute Gasteiger partial charge is 0.464 e. The summed E-state index contributed by atoms with van der Waals surface area (Å²) in [6.07, 6.45) is -0.199. The zero-order valence-electron chi connectivity index (χ0n) is 21.0. The first-order valence-electron chi connectivity index (χ1n) is 13.1. The summed E-state index contributed by atoms with van der Waals surface area (Å²) in [7, 11) is 0. The Bertz CT molecular complexity index is 1660. The third-order valence-electron chi connectivity index (χ3n) is 8.80. The van der Waals surface area contributed by atoms with Crippen molar-refractivity contribution >= 4 is 5.69 Å². The molecule has 1 unspecified atom stereocenters. The fourth-order valence-corrected chi connectivity index (χ4v) is 7.17. The molecule has 0 bridgehead atoms. The molecule has 0 aromatic heterocycles. The molecule has 0 saturated carbocycles. The van der Waals surface area contributed by atoms with Crippen LogP contribution in [0.4, 0.5) is 5.69 Å². The summed E-state index contributed by atoms with van der Waals surface area (Å²) in [6, 6.07) is 42.2. The van der Waals surface area contributed by atoms with Gasteiger partial charge in [0.05, 0.1) is 11.1 Å². The average Bonchev–Trinajstić information content (AvgIpc) is 3.50. The van der Waals surface area contributed by atoms with Crippen LogP contribution >= 0.6 is 0 Å². The zero-order valence-corrected chi connectivity index (χ0v) is 21.0. The number of para-hydroxylation sites is 2. The summed E-state index contributed by atoms with van der Waals surface area (Å²) in [5.74, 6) is 0.907. The van der Waals surface area contributed by atoms with E-state index in [1.165, 1.54) is 44.5 Å². The highest BCUT2D eigenvalue weighted by molar-refractivity contribution is 5.88. The van der Waals surface area contributed by atoms with Gasteiger partial charge >= 0.3 is 0 Å². The molecule has 5 aromatic carbocycles. The highest BCUT2D eigenvalue weighted by Gasteiger charge is 2.53. The second-order valence-corrected chi connectivity index (χ2v) is 11.0. The molecule has 2 heteroatoms. The van der Waals surface area contributed by atoms with E-state index in [1.807, 2.05) is 18.2 Å². The van der Waals surface area contributed by atoms with Crippen molar-refractivity contribution < 1.29 is 4.74 Å². The first kappa shape index (κ1) is 20.8. The molecule has 2 aliphatic carbocycles. The van der Waals surface area contributed by atoms with Gasteiger partial charge < -0.3 is 10.1 Å². The molecule has 37 heavy (non-hydrogen) atoms. The van der Waals surface area contributed by atoms with Gasteiger partial charge in [0.15, 0.2) is 6.23 Å². The lowest BCUT2D eigenvalue weighted by atomic mass is 9.55. The van der Waals surface area contributed by atoms with Gasteiger partial charge in [0.25, 0.3) is 0 Å². The van der Waals surface area contributed by atoms with Crippen LogP contribution in [0.5, 0.6) is 5.75 Å². The van der Waals surface area contributed by atoms with Crippen molar-refractivity contribution in [1.82, 2.24) is 0 Å². The summed E-state index contributed by atoms with van der Waals surface area (Å²) < 4.78 is 6.34. The Morgan fingerprint density at radius 1 is 0.568 bits per heavy atom. The summed E-state index contributed by atoms with van der Waals surface area (Å²) in [5, 5.41) is 3.57. The minimum Gasteiger partial charge on any atom is -0.464 e. The zero-order chi connectivity index (χ0) is 24.8. The fraction of sp³-hybridized carbons (Fsp3) is 0.143. The van der Waals surface area contributed by atoms with E-state index in [4.69, 9.17) is 4.74 Å². The molecule has 8 rings (SSSR count). The van der Waals surface area contributed by atoms with E-state index in [9.17, 15) is 0 Å². The Hall–Kier alpha value is -4.30. The van der Waals surface area contributed by atoms with Gasteiger partial charge in [0.1, 0.15) is 5.75 Å². The van der Waals surface area contributed by atoms with Crippen molar-refractivity contribution in [1.29, 1.82) is 0 Å². The number of nitrogens with one attached hydrogen (secondary N) is 1. The molecule has 0 amide bonds. The minimum absolute atomic E-state index is 0.162. The quantitative estimate of drug-likeness (QED) is 0.258. The molecule has 0 fully saturated rings. The van der Waals surface area contributed by atoms with Crippen LogP contribution in [0.1, 0.15) is 59.0 Å². The summed E-state index contributed by atoms with van der Waals surface area (Å²) in [4.78, 5) is 0. The number of ether oxygens (including phenoxy) is 1. The molecule has 3 aliphatic rings. The predicted octanol–water partition coefficient (Wildman–Crippen LogP) is 8.19. The van der Waals surface area contributed by atoms with Crippen LogP contribution in [0.2, 0.25) is 0 Å². The summed E-state index contributed by atoms with van der Waals surface area (Å²) >= 11 is 0. The maximum atomic E-state index is 6.34. The Morgan fingerprint density at radius 2 is 1.14 bits per heavy atom. The van der Waals surface area contributed by atoms with Gasteiger partial charge in [-0.2, -0.15) is 0 Å². The summed E-state index contributed by atoms with van der Waals surface area (Å²) in [5.41, 5.74) is 12.6. The molecule has 0 radical (unpaired) electrons. The molecule has 1 N–H and O–H groups in total. The molecule has 1 aliphatic heterocycles. The standard InChI is InChI=1S/C35H27NO/c1-34(2)27-15-7-8-16-28(27)35(25-13-5-3-11-23(25)24-12-4-6-14-26(24)35)29-20-19-22(21-30(29)34)33-36-31-17-9-10-18-32(31)37-33/h3-21,33,36H,1-2H3. The van der Waals surface area contributed by atoms with E-state index in [2.05, 4.69) is 116 Å². The fourth-order valence-electron chi connectivity index (χ4n) is 7.17. The van der Waals surface area contributed by atoms with Crippen molar-refractivity contribution in [2.45, 2.75) is 30.9 Å². The van der Waals surface area contributed by atoms with Gasteiger partial charge in [0, 0.05) is 11.0 Å².